The molecule has 1 N–H and O–H groups in total. The lowest BCUT2D eigenvalue weighted by Gasteiger charge is -2.30. The van der Waals surface area contributed by atoms with Crippen molar-refractivity contribution in [2.75, 3.05) is 40.1 Å². The van der Waals surface area contributed by atoms with Crippen molar-refractivity contribution in [1.29, 1.82) is 0 Å². The number of aliphatic carboxylic acids is 1. The zero-order valence-electron chi connectivity index (χ0n) is 22.3. The molecule has 3 aromatic carbocycles. The van der Waals surface area contributed by atoms with Crippen molar-refractivity contribution in [3.05, 3.63) is 89.5 Å². The van der Waals surface area contributed by atoms with Crippen LogP contribution in [0, 0.1) is 5.92 Å². The first-order valence-electron chi connectivity index (χ1n) is 13.3. The molecule has 0 radical (unpaired) electrons. The van der Waals surface area contributed by atoms with E-state index in [2.05, 4.69) is 11.8 Å². The van der Waals surface area contributed by atoms with Crippen molar-refractivity contribution in [2.24, 2.45) is 5.92 Å². The summed E-state index contributed by atoms with van der Waals surface area (Å²) in [6, 6.07) is 22.2. The molecule has 0 saturated carbocycles. The second-order valence-corrected chi connectivity index (χ2v) is 9.95. The summed E-state index contributed by atoms with van der Waals surface area (Å²) in [5.41, 5.74) is 2.46. The Kier molecular flexibility index (Phi) is 8.02. The van der Waals surface area contributed by atoms with Gasteiger partial charge in [0.25, 0.3) is 5.91 Å². The van der Waals surface area contributed by atoms with E-state index in [4.69, 9.17) is 14.2 Å². The summed E-state index contributed by atoms with van der Waals surface area (Å²) in [7, 11) is 1.61. The van der Waals surface area contributed by atoms with Crippen LogP contribution in [-0.4, -0.2) is 66.9 Å². The van der Waals surface area contributed by atoms with Crippen LogP contribution in [0.2, 0.25) is 0 Å². The molecule has 1 fully saturated rings. The summed E-state index contributed by atoms with van der Waals surface area (Å²) in [5, 5.41) is 10.5. The van der Waals surface area contributed by atoms with E-state index in [1.165, 1.54) is 0 Å². The lowest BCUT2D eigenvalue weighted by Crippen LogP contribution is -2.39. The van der Waals surface area contributed by atoms with Gasteiger partial charge in [0.1, 0.15) is 5.75 Å². The number of rotatable bonds is 10. The second-order valence-electron chi connectivity index (χ2n) is 9.95. The summed E-state index contributed by atoms with van der Waals surface area (Å²) < 4.78 is 16.4. The van der Waals surface area contributed by atoms with Gasteiger partial charge in [0, 0.05) is 43.7 Å². The van der Waals surface area contributed by atoms with E-state index in [1.807, 2.05) is 77.7 Å². The number of hydrogen-bond acceptors (Lipinski definition) is 6. The number of carboxylic acids is 1. The molecule has 3 aromatic rings. The molecule has 1 amide bonds. The van der Waals surface area contributed by atoms with Crippen molar-refractivity contribution in [1.82, 2.24) is 9.80 Å². The number of benzene rings is 3. The Labute approximate surface area is 228 Å². The van der Waals surface area contributed by atoms with Crippen molar-refractivity contribution in [2.45, 2.75) is 25.3 Å². The molecular formula is C31H34N2O6. The van der Waals surface area contributed by atoms with Gasteiger partial charge in [0.2, 0.25) is 6.79 Å². The largest absolute Gasteiger partial charge is 0.497 e. The summed E-state index contributed by atoms with van der Waals surface area (Å²) in [5.74, 6) is 0.189. The first-order chi connectivity index (χ1) is 19.0. The van der Waals surface area contributed by atoms with Gasteiger partial charge in [0.05, 0.1) is 13.0 Å². The van der Waals surface area contributed by atoms with Gasteiger partial charge in [-0.05, 0) is 53.9 Å². The molecule has 0 spiro atoms. The molecule has 5 rings (SSSR count). The number of amides is 1. The minimum absolute atomic E-state index is 0.0141. The SMILES string of the molecule is CCCN(CCN1CC(c2ccc3c(c2)OCO3)[C@H](C(=O)O)[C@H]1c1ccc(OC)cc1)C(=O)c1ccccc1. The number of carbonyl (C=O) groups excluding carboxylic acids is 1. The van der Waals surface area contributed by atoms with Crippen LogP contribution in [0.15, 0.2) is 72.8 Å². The molecule has 3 atom stereocenters. The number of methoxy groups -OCH3 is 1. The Hall–Kier alpha value is -4.04. The normalized spacial score (nSPS) is 20.1. The predicted molar refractivity (Wildman–Crippen MR) is 146 cm³/mol. The third-order valence-corrected chi connectivity index (χ3v) is 7.62. The second kappa shape index (κ2) is 11.8. The van der Waals surface area contributed by atoms with E-state index in [0.29, 0.717) is 49.0 Å². The first-order valence-corrected chi connectivity index (χ1v) is 13.3. The third kappa shape index (κ3) is 5.56. The molecule has 1 unspecified atom stereocenters. The van der Waals surface area contributed by atoms with Gasteiger partial charge < -0.3 is 24.2 Å². The smallest absolute Gasteiger partial charge is 0.309 e. The zero-order chi connectivity index (χ0) is 27.4. The molecular weight excluding hydrogens is 496 g/mol. The number of nitrogens with zero attached hydrogens (tertiary/aromatic N) is 2. The van der Waals surface area contributed by atoms with Gasteiger partial charge >= 0.3 is 5.97 Å². The number of ether oxygens (including phenoxy) is 3. The van der Waals surface area contributed by atoms with Gasteiger partial charge in [-0.15, -0.1) is 0 Å². The average molecular weight is 531 g/mol. The molecule has 204 valence electrons. The minimum Gasteiger partial charge on any atom is -0.497 e. The summed E-state index contributed by atoms with van der Waals surface area (Å²) in [6.07, 6.45) is 0.831. The monoisotopic (exact) mass is 530 g/mol. The highest BCUT2D eigenvalue weighted by Crippen LogP contribution is 2.47. The van der Waals surface area contributed by atoms with Crippen LogP contribution in [0.4, 0.5) is 0 Å². The standard InChI is InChI=1S/C31H34N2O6/c1-3-15-32(30(34)22-7-5-4-6-8-22)16-17-33-19-25(23-11-14-26-27(18-23)39-20-38-26)28(31(35)36)29(33)21-9-12-24(37-2)13-10-21/h4-14,18,25,28-29H,3,15-17,19-20H2,1-2H3,(H,35,36)/t25?,28-,29+/m0/s1. The number of likely N-dealkylation sites (tertiary alicyclic amines) is 1. The van der Waals surface area contributed by atoms with Crippen molar-refractivity contribution >= 4 is 11.9 Å². The van der Waals surface area contributed by atoms with E-state index in [1.54, 1.807) is 7.11 Å². The van der Waals surface area contributed by atoms with E-state index in [-0.39, 0.29) is 24.7 Å². The maximum atomic E-state index is 13.3. The Bertz CT molecular complexity index is 1300. The van der Waals surface area contributed by atoms with Crippen LogP contribution in [0.25, 0.3) is 0 Å². The Morgan fingerprint density at radius 1 is 0.974 bits per heavy atom. The van der Waals surface area contributed by atoms with Gasteiger partial charge in [-0.3, -0.25) is 14.5 Å². The van der Waals surface area contributed by atoms with Crippen LogP contribution in [0.3, 0.4) is 0 Å². The van der Waals surface area contributed by atoms with Crippen LogP contribution in [0.1, 0.15) is 46.8 Å². The molecule has 2 heterocycles. The highest BCUT2D eigenvalue weighted by molar-refractivity contribution is 5.94. The molecule has 8 nitrogen and oxygen atoms in total. The Morgan fingerprint density at radius 3 is 2.38 bits per heavy atom. The fraction of sp³-hybridized carbons (Fsp3) is 0.355. The predicted octanol–water partition coefficient (Wildman–Crippen LogP) is 4.82. The maximum absolute atomic E-state index is 13.3. The van der Waals surface area contributed by atoms with Gasteiger partial charge in [-0.2, -0.15) is 0 Å². The molecule has 1 saturated heterocycles. The molecule has 0 aliphatic carbocycles. The van der Waals surface area contributed by atoms with E-state index >= 15 is 0 Å². The molecule has 0 bridgehead atoms. The first kappa shape index (κ1) is 26.6. The highest BCUT2D eigenvalue weighted by atomic mass is 16.7. The number of fused-ring (bicyclic) bond motifs is 1. The number of hydrogen-bond donors (Lipinski definition) is 1. The quantitative estimate of drug-likeness (QED) is 0.402. The molecule has 0 aromatic heterocycles. The van der Waals surface area contributed by atoms with Crippen LogP contribution in [-0.2, 0) is 4.79 Å². The van der Waals surface area contributed by atoms with Gasteiger partial charge in [-0.25, -0.2) is 0 Å². The summed E-state index contributed by atoms with van der Waals surface area (Å²) in [6.45, 7) is 4.41. The van der Waals surface area contributed by atoms with Gasteiger partial charge in [-0.1, -0.05) is 43.3 Å². The van der Waals surface area contributed by atoms with E-state index in [0.717, 1.165) is 17.5 Å². The fourth-order valence-corrected chi connectivity index (χ4v) is 5.74. The molecule has 39 heavy (non-hydrogen) atoms. The lowest BCUT2D eigenvalue weighted by atomic mass is 9.82. The summed E-state index contributed by atoms with van der Waals surface area (Å²) in [4.78, 5) is 30.2. The van der Waals surface area contributed by atoms with E-state index < -0.39 is 11.9 Å². The molecule has 8 heteroatoms. The van der Waals surface area contributed by atoms with Crippen molar-refractivity contribution in [3.63, 3.8) is 0 Å². The summed E-state index contributed by atoms with van der Waals surface area (Å²) >= 11 is 0. The fourth-order valence-electron chi connectivity index (χ4n) is 5.74. The Morgan fingerprint density at radius 2 is 1.69 bits per heavy atom. The number of carboxylic acid groups (broad SMARTS) is 1. The highest BCUT2D eigenvalue weighted by Gasteiger charge is 2.47. The average Bonchev–Trinajstić information content (AvgIpc) is 3.60. The molecule has 2 aliphatic rings. The van der Waals surface area contributed by atoms with Crippen LogP contribution < -0.4 is 14.2 Å². The Balaban J connectivity index is 1.45. The topological polar surface area (TPSA) is 88.5 Å². The minimum atomic E-state index is -0.855. The van der Waals surface area contributed by atoms with E-state index in [9.17, 15) is 14.7 Å². The molecule has 2 aliphatic heterocycles. The van der Waals surface area contributed by atoms with Gasteiger partial charge in [0.15, 0.2) is 11.5 Å². The van der Waals surface area contributed by atoms with Crippen molar-refractivity contribution < 1.29 is 28.9 Å². The van der Waals surface area contributed by atoms with Crippen LogP contribution >= 0.6 is 0 Å². The number of carbonyl (C=O) groups is 2. The third-order valence-electron chi connectivity index (χ3n) is 7.62. The zero-order valence-corrected chi connectivity index (χ0v) is 22.3. The maximum Gasteiger partial charge on any atom is 0.309 e. The van der Waals surface area contributed by atoms with Crippen molar-refractivity contribution in [3.8, 4) is 17.2 Å². The lowest BCUT2D eigenvalue weighted by molar-refractivity contribution is -0.143. The van der Waals surface area contributed by atoms with Crippen LogP contribution in [0.5, 0.6) is 17.2 Å².